The lowest BCUT2D eigenvalue weighted by molar-refractivity contribution is -0.117. The van der Waals surface area contributed by atoms with E-state index in [0.29, 0.717) is 46.1 Å². The number of hydrogen-bond donors (Lipinski definition) is 2. The minimum absolute atomic E-state index is 0.0440. The molecular formula is C29H27ClN8O3. The van der Waals surface area contributed by atoms with Gasteiger partial charge < -0.3 is 19.9 Å². The quantitative estimate of drug-likeness (QED) is 0.301. The third-order valence-electron chi connectivity index (χ3n) is 7.81. The number of carbonyl (C=O) groups excluding carboxylic acids is 3. The number of imidazole rings is 1. The molecule has 3 fully saturated rings. The number of carbonyl (C=O) groups is 3. The Balaban J connectivity index is 1.06. The predicted octanol–water partition coefficient (Wildman–Crippen LogP) is 4.41. The molecule has 208 valence electrons. The third kappa shape index (κ3) is 4.97. The number of anilines is 3. The van der Waals surface area contributed by atoms with Crippen LogP contribution in [-0.2, 0) is 16.1 Å². The Kier molecular flexibility index (Phi) is 6.11. The minimum Gasteiger partial charge on any atom is -0.364 e. The van der Waals surface area contributed by atoms with Gasteiger partial charge in [-0.2, -0.15) is 0 Å². The maximum atomic E-state index is 12.8. The summed E-state index contributed by atoms with van der Waals surface area (Å²) < 4.78 is 1.89. The average molecular weight is 571 g/mol. The van der Waals surface area contributed by atoms with Gasteiger partial charge in [-0.15, -0.1) is 0 Å². The molecule has 0 unspecified atom stereocenters. The van der Waals surface area contributed by atoms with E-state index in [4.69, 9.17) is 16.6 Å². The molecule has 0 radical (unpaired) electrons. The molecule has 3 aromatic heterocycles. The molecule has 2 N–H and O–H groups in total. The number of fused-ring (bicyclic) bond motifs is 1. The van der Waals surface area contributed by atoms with Crippen LogP contribution in [0, 0.1) is 5.92 Å². The van der Waals surface area contributed by atoms with Crippen LogP contribution in [0.25, 0.3) is 5.65 Å². The van der Waals surface area contributed by atoms with Gasteiger partial charge >= 0.3 is 6.03 Å². The summed E-state index contributed by atoms with van der Waals surface area (Å²) in [4.78, 5) is 54.1. The number of rotatable bonds is 8. The number of aromatic nitrogens is 4. The zero-order valence-electron chi connectivity index (χ0n) is 22.2. The van der Waals surface area contributed by atoms with Gasteiger partial charge in [-0.1, -0.05) is 23.7 Å². The Bertz CT molecular complexity index is 1720. The van der Waals surface area contributed by atoms with E-state index in [1.165, 1.54) is 16.1 Å². The molecule has 12 heteroatoms. The second-order valence-corrected chi connectivity index (χ2v) is 11.3. The molecule has 4 amide bonds. The number of nitrogens with one attached hydrogen (secondary N) is 2. The smallest absolute Gasteiger partial charge is 0.331 e. The summed E-state index contributed by atoms with van der Waals surface area (Å²) in [5.41, 5.74) is 3.90. The fourth-order valence-electron chi connectivity index (χ4n) is 5.41. The number of benzene rings is 1. The van der Waals surface area contributed by atoms with Crippen LogP contribution in [0.4, 0.5) is 22.1 Å². The van der Waals surface area contributed by atoms with E-state index in [0.717, 1.165) is 30.4 Å². The Morgan fingerprint density at radius 2 is 1.90 bits per heavy atom. The van der Waals surface area contributed by atoms with Crippen LogP contribution < -0.4 is 15.5 Å². The fourth-order valence-corrected chi connectivity index (χ4v) is 5.61. The zero-order chi connectivity index (χ0) is 28.2. The number of urea groups is 1. The number of amides is 4. The number of likely N-dealkylation sites (N-methyl/N-ethyl adjacent to an activating group) is 1. The first-order valence-electron chi connectivity index (χ1n) is 13.6. The van der Waals surface area contributed by atoms with Crippen LogP contribution in [0.3, 0.4) is 0 Å². The van der Waals surface area contributed by atoms with Crippen molar-refractivity contribution >= 4 is 52.4 Å². The molecule has 1 aliphatic heterocycles. The van der Waals surface area contributed by atoms with E-state index in [9.17, 15) is 14.4 Å². The van der Waals surface area contributed by atoms with Gasteiger partial charge in [0, 0.05) is 36.4 Å². The summed E-state index contributed by atoms with van der Waals surface area (Å²) in [6.45, 7) is 0.383. The lowest BCUT2D eigenvalue weighted by atomic mass is 10.1. The van der Waals surface area contributed by atoms with Crippen LogP contribution in [0.5, 0.6) is 0 Å². The highest BCUT2D eigenvalue weighted by molar-refractivity contribution is 6.30. The molecule has 4 aromatic rings. The highest BCUT2D eigenvalue weighted by Crippen LogP contribution is 2.48. The number of nitrogens with zero attached hydrogens (tertiary/aromatic N) is 6. The molecule has 2 atom stereocenters. The van der Waals surface area contributed by atoms with E-state index in [1.807, 2.05) is 47.1 Å². The monoisotopic (exact) mass is 570 g/mol. The van der Waals surface area contributed by atoms with Crippen molar-refractivity contribution in [1.29, 1.82) is 0 Å². The zero-order valence-corrected chi connectivity index (χ0v) is 23.0. The van der Waals surface area contributed by atoms with E-state index in [-0.39, 0.29) is 36.2 Å². The molecule has 0 bridgehead atoms. The van der Waals surface area contributed by atoms with E-state index < -0.39 is 0 Å². The van der Waals surface area contributed by atoms with Gasteiger partial charge in [0.05, 0.1) is 17.9 Å². The number of halogens is 1. The number of hydrogen-bond acceptors (Lipinski definition) is 7. The molecule has 11 nitrogen and oxygen atoms in total. The number of imide groups is 1. The van der Waals surface area contributed by atoms with Crippen LogP contribution in [0.15, 0.2) is 55.1 Å². The van der Waals surface area contributed by atoms with Gasteiger partial charge in [0.2, 0.25) is 5.91 Å². The van der Waals surface area contributed by atoms with Crippen molar-refractivity contribution < 1.29 is 14.4 Å². The molecule has 0 spiro atoms. The van der Waals surface area contributed by atoms with Crippen molar-refractivity contribution in [2.75, 3.05) is 29.1 Å². The van der Waals surface area contributed by atoms with Crippen LogP contribution >= 0.6 is 11.6 Å². The van der Waals surface area contributed by atoms with Crippen LogP contribution in [-0.4, -0.2) is 55.7 Å². The first-order chi connectivity index (χ1) is 19.8. The van der Waals surface area contributed by atoms with Gasteiger partial charge in [-0.25, -0.2) is 24.6 Å². The van der Waals surface area contributed by atoms with Crippen molar-refractivity contribution in [3.05, 3.63) is 77.0 Å². The van der Waals surface area contributed by atoms with Crippen LogP contribution in [0.1, 0.15) is 47.9 Å². The lowest BCUT2D eigenvalue weighted by Gasteiger charge is -2.16. The molecule has 41 heavy (non-hydrogen) atoms. The Hall–Kier alpha value is -4.51. The SMILES string of the molecule is CN1CC(=O)N(c2cc(C3CC3)cn3cc(CNc4cc(NC(=O)[C@H]5C[C@@H]5c5cccc(Cl)c5)ncn4)nc23)C1=O. The van der Waals surface area contributed by atoms with E-state index in [2.05, 4.69) is 20.6 Å². The molecule has 2 saturated carbocycles. The molecule has 2 aliphatic carbocycles. The Labute approximate surface area is 240 Å². The summed E-state index contributed by atoms with van der Waals surface area (Å²) >= 11 is 6.10. The van der Waals surface area contributed by atoms with Crippen molar-refractivity contribution in [2.45, 2.75) is 37.6 Å². The molecule has 1 aromatic carbocycles. The van der Waals surface area contributed by atoms with Crippen molar-refractivity contribution in [3.8, 4) is 0 Å². The predicted molar refractivity (Wildman–Crippen MR) is 153 cm³/mol. The third-order valence-corrected chi connectivity index (χ3v) is 8.04. The van der Waals surface area contributed by atoms with Crippen molar-refractivity contribution in [3.63, 3.8) is 0 Å². The maximum absolute atomic E-state index is 12.8. The van der Waals surface area contributed by atoms with Gasteiger partial charge in [0.25, 0.3) is 5.91 Å². The lowest BCUT2D eigenvalue weighted by Crippen LogP contribution is -2.32. The van der Waals surface area contributed by atoms with Crippen molar-refractivity contribution in [2.24, 2.45) is 5.92 Å². The maximum Gasteiger partial charge on any atom is 0.331 e. The van der Waals surface area contributed by atoms with Gasteiger partial charge in [0.1, 0.15) is 24.5 Å². The highest BCUT2D eigenvalue weighted by Gasteiger charge is 2.44. The highest BCUT2D eigenvalue weighted by atomic mass is 35.5. The minimum atomic E-state index is -0.354. The fraction of sp³-hybridized carbons (Fsp3) is 0.310. The molecule has 3 aliphatic rings. The Morgan fingerprint density at radius 1 is 1.07 bits per heavy atom. The van der Waals surface area contributed by atoms with Crippen LogP contribution in [0.2, 0.25) is 5.02 Å². The number of pyridine rings is 1. The first-order valence-corrected chi connectivity index (χ1v) is 13.9. The van der Waals surface area contributed by atoms with Gasteiger partial charge in [0.15, 0.2) is 5.65 Å². The molecule has 4 heterocycles. The van der Waals surface area contributed by atoms with E-state index in [1.54, 1.807) is 13.1 Å². The molecular weight excluding hydrogens is 544 g/mol. The largest absolute Gasteiger partial charge is 0.364 e. The second-order valence-electron chi connectivity index (χ2n) is 10.9. The summed E-state index contributed by atoms with van der Waals surface area (Å²) in [6.07, 6.45) is 8.25. The van der Waals surface area contributed by atoms with Crippen molar-refractivity contribution in [1.82, 2.24) is 24.3 Å². The average Bonchev–Trinajstić information content (AvgIpc) is 3.87. The standard InChI is InChI=1S/C29H27ClN8O3/c1-36-14-26(39)38(29(36)41)23-8-18(16-5-6-16)12-37-13-20(34-27(23)37)11-31-24-10-25(33-15-32-24)35-28(40)22-9-21(22)17-3-2-4-19(30)7-17/h2-4,7-8,10,12-13,15-16,21-22H,5-6,9,11,14H2,1H3,(H2,31,32,33,35,40)/t21-,22+/m1/s1. The Morgan fingerprint density at radius 3 is 2.66 bits per heavy atom. The first kappa shape index (κ1) is 25.5. The summed E-state index contributed by atoms with van der Waals surface area (Å²) in [5, 5.41) is 6.79. The van der Waals surface area contributed by atoms with Gasteiger partial charge in [-0.3, -0.25) is 9.59 Å². The topological polar surface area (TPSA) is 125 Å². The summed E-state index contributed by atoms with van der Waals surface area (Å²) in [6, 6.07) is 10.9. The summed E-state index contributed by atoms with van der Waals surface area (Å²) in [5.74, 6) is 1.04. The summed E-state index contributed by atoms with van der Waals surface area (Å²) in [7, 11) is 1.61. The molecule has 7 rings (SSSR count). The van der Waals surface area contributed by atoms with Gasteiger partial charge in [-0.05, 0) is 60.4 Å². The van der Waals surface area contributed by atoms with E-state index >= 15 is 0 Å². The normalized spacial score (nSPS) is 20.1. The second kappa shape index (κ2) is 9.84. The molecule has 1 saturated heterocycles.